The summed E-state index contributed by atoms with van der Waals surface area (Å²) in [4.78, 5) is 1.96. The fourth-order valence-electron chi connectivity index (χ4n) is 2.33. The van der Waals surface area contributed by atoms with Crippen molar-refractivity contribution in [3.63, 3.8) is 0 Å². The first-order valence-corrected chi connectivity index (χ1v) is 11.0. The molecule has 0 saturated carbocycles. The Hall–Kier alpha value is -1.41. The molecule has 3 aromatic rings. The maximum absolute atomic E-state index is 13.6. The third-order valence-corrected chi connectivity index (χ3v) is 6.79. The van der Waals surface area contributed by atoms with Crippen molar-refractivity contribution in [2.24, 2.45) is 0 Å². The Morgan fingerprint density at radius 2 is 1.50 bits per heavy atom. The third-order valence-electron chi connectivity index (χ3n) is 3.64. The van der Waals surface area contributed by atoms with E-state index in [9.17, 15) is 8.78 Å². The minimum atomic E-state index is -0.579. The lowest BCUT2D eigenvalue weighted by Crippen LogP contribution is -1.90. The summed E-state index contributed by atoms with van der Waals surface area (Å²) in [6, 6.07) is 6.63. The maximum atomic E-state index is 13.6. The quantitative estimate of drug-likeness (QED) is 0.156. The van der Waals surface area contributed by atoms with Crippen LogP contribution in [0.5, 0.6) is 0 Å². The Balaban J connectivity index is 1.74. The zero-order valence-corrected chi connectivity index (χ0v) is 17.9. The highest BCUT2D eigenvalue weighted by molar-refractivity contribution is 14.1. The Kier molecular flexibility index (Phi) is 6.69. The zero-order valence-electron chi connectivity index (χ0n) is 14.1. The molecule has 2 aromatic heterocycles. The highest BCUT2D eigenvalue weighted by atomic mass is 127. The van der Waals surface area contributed by atoms with Gasteiger partial charge in [-0.3, -0.25) is 0 Å². The van der Waals surface area contributed by atoms with E-state index in [4.69, 9.17) is 0 Å². The van der Waals surface area contributed by atoms with Gasteiger partial charge in [0, 0.05) is 21.4 Å². The summed E-state index contributed by atoms with van der Waals surface area (Å²) in [6.45, 7) is 2.19. The molecule has 5 heteroatoms. The van der Waals surface area contributed by atoms with Crippen LogP contribution in [-0.4, -0.2) is 0 Å². The van der Waals surface area contributed by atoms with Crippen LogP contribution in [0, 0.1) is 38.9 Å². The Labute approximate surface area is 173 Å². The van der Waals surface area contributed by atoms with E-state index < -0.39 is 11.6 Å². The van der Waals surface area contributed by atoms with Crippen molar-refractivity contribution < 1.29 is 8.78 Å². The van der Waals surface area contributed by atoms with Crippen molar-refractivity contribution in [2.75, 3.05) is 0 Å². The van der Waals surface area contributed by atoms with Gasteiger partial charge >= 0.3 is 0 Å². The molecule has 0 aliphatic rings. The van der Waals surface area contributed by atoms with E-state index in [-0.39, 0.29) is 3.57 Å². The van der Waals surface area contributed by atoms with Crippen LogP contribution in [0.3, 0.4) is 0 Å². The van der Waals surface area contributed by atoms with E-state index in [0.29, 0.717) is 5.56 Å². The predicted octanol–water partition coefficient (Wildman–Crippen LogP) is 7.18. The maximum Gasteiger partial charge on any atom is 0.140 e. The summed E-state index contributed by atoms with van der Waals surface area (Å²) in [6.07, 6.45) is 4.54. The number of halogens is 3. The molecular weight excluding hydrogens is 481 g/mol. The number of rotatable bonds is 3. The molecule has 2 heterocycles. The number of thiophene rings is 2. The molecule has 132 valence electrons. The van der Waals surface area contributed by atoms with Crippen molar-refractivity contribution in [1.82, 2.24) is 0 Å². The lowest BCUT2D eigenvalue weighted by atomic mass is 10.2. The summed E-state index contributed by atoms with van der Waals surface area (Å²) in [5.41, 5.74) is 0.343. The molecule has 0 atom stereocenters. The second kappa shape index (κ2) is 8.99. The molecule has 26 heavy (non-hydrogen) atoms. The van der Waals surface area contributed by atoms with Crippen LogP contribution in [0.1, 0.15) is 47.9 Å². The van der Waals surface area contributed by atoms with Crippen LogP contribution in [0.2, 0.25) is 0 Å². The molecule has 0 bridgehead atoms. The van der Waals surface area contributed by atoms with E-state index in [1.165, 1.54) is 25.0 Å². The Morgan fingerprint density at radius 3 is 2.12 bits per heavy atom. The summed E-state index contributed by atoms with van der Waals surface area (Å²) in [5.74, 6) is 11.1. The fraction of sp³-hybridized carbons (Fsp3) is 0.238. The topological polar surface area (TPSA) is 0 Å². The standard InChI is InChI=1S/C21H15F2IS2/c1-2-3-4-5-6-7-15-12-19-20(25-15)13-16(26-19)9-8-14-10-17(22)21(24)18(23)11-14/h10-13H,2-5H2,1H3. The van der Waals surface area contributed by atoms with Crippen molar-refractivity contribution in [3.05, 3.63) is 54.8 Å². The molecular formula is C21H15F2IS2. The molecule has 0 fully saturated rings. The van der Waals surface area contributed by atoms with Crippen LogP contribution < -0.4 is 0 Å². The molecule has 0 amide bonds. The van der Waals surface area contributed by atoms with Crippen molar-refractivity contribution in [1.29, 1.82) is 0 Å². The monoisotopic (exact) mass is 496 g/mol. The largest absolute Gasteiger partial charge is 0.206 e. The second-order valence-corrected chi connectivity index (χ2v) is 8.96. The first-order chi connectivity index (χ1) is 12.6. The second-order valence-electron chi connectivity index (χ2n) is 5.71. The van der Waals surface area contributed by atoms with Crippen molar-refractivity contribution in [3.8, 4) is 23.7 Å². The molecule has 0 radical (unpaired) electrons. The van der Waals surface area contributed by atoms with Gasteiger partial charge in [0.25, 0.3) is 0 Å². The van der Waals surface area contributed by atoms with E-state index in [1.54, 1.807) is 45.3 Å². The molecule has 0 aliphatic carbocycles. The van der Waals surface area contributed by atoms with Gasteiger partial charge in [-0.25, -0.2) is 8.78 Å². The van der Waals surface area contributed by atoms with Gasteiger partial charge in [-0.1, -0.05) is 43.4 Å². The highest BCUT2D eigenvalue weighted by Gasteiger charge is 2.07. The number of hydrogen-bond acceptors (Lipinski definition) is 2. The predicted molar refractivity (Wildman–Crippen MR) is 116 cm³/mol. The smallest absolute Gasteiger partial charge is 0.140 e. The van der Waals surface area contributed by atoms with Gasteiger partial charge in [0.15, 0.2) is 0 Å². The van der Waals surface area contributed by atoms with Gasteiger partial charge in [0.1, 0.15) is 11.6 Å². The van der Waals surface area contributed by atoms with Gasteiger partial charge in [0.2, 0.25) is 0 Å². The Bertz CT molecular complexity index is 1000. The first kappa shape index (κ1) is 19.4. The zero-order chi connectivity index (χ0) is 18.5. The SMILES string of the molecule is CCCCCC#Cc1cc2sc(C#Cc3cc(F)c(I)c(F)c3)cc2s1. The minimum absolute atomic E-state index is 0.00637. The highest BCUT2D eigenvalue weighted by Crippen LogP contribution is 2.32. The molecule has 0 unspecified atom stereocenters. The number of unbranched alkanes of at least 4 members (excludes halogenated alkanes) is 3. The molecule has 1 aromatic carbocycles. The summed E-state index contributed by atoms with van der Waals surface area (Å²) in [7, 11) is 0. The van der Waals surface area contributed by atoms with E-state index in [2.05, 4.69) is 36.7 Å². The minimum Gasteiger partial charge on any atom is -0.206 e. The number of benzene rings is 1. The van der Waals surface area contributed by atoms with Gasteiger partial charge in [-0.2, -0.15) is 0 Å². The molecule has 3 rings (SSSR count). The summed E-state index contributed by atoms with van der Waals surface area (Å²) >= 11 is 4.88. The van der Waals surface area contributed by atoms with Crippen LogP contribution in [0.25, 0.3) is 9.40 Å². The molecule has 0 spiro atoms. The fourth-order valence-corrected chi connectivity index (χ4v) is 4.77. The van der Waals surface area contributed by atoms with Crippen LogP contribution in [0.4, 0.5) is 8.78 Å². The average molecular weight is 496 g/mol. The third kappa shape index (κ3) is 4.85. The molecule has 0 nitrogen and oxygen atoms in total. The lowest BCUT2D eigenvalue weighted by molar-refractivity contribution is 0.570. The van der Waals surface area contributed by atoms with Gasteiger partial charge in [-0.15, -0.1) is 22.7 Å². The van der Waals surface area contributed by atoms with Gasteiger partial charge in [-0.05, 0) is 53.3 Å². The van der Waals surface area contributed by atoms with E-state index >= 15 is 0 Å². The number of fused-ring (bicyclic) bond motifs is 1. The van der Waals surface area contributed by atoms with Crippen LogP contribution >= 0.6 is 45.3 Å². The molecule has 0 aliphatic heterocycles. The normalized spacial score (nSPS) is 10.3. The molecule has 0 N–H and O–H groups in total. The van der Waals surface area contributed by atoms with E-state index in [0.717, 1.165) is 32.0 Å². The van der Waals surface area contributed by atoms with Crippen LogP contribution in [-0.2, 0) is 0 Å². The lowest BCUT2D eigenvalue weighted by Gasteiger charge is -1.97. The van der Waals surface area contributed by atoms with Crippen molar-refractivity contribution >= 4 is 54.7 Å². The van der Waals surface area contributed by atoms with Crippen LogP contribution in [0.15, 0.2) is 24.3 Å². The average Bonchev–Trinajstić information content (AvgIpc) is 3.15. The molecule has 0 saturated heterocycles. The van der Waals surface area contributed by atoms with Gasteiger partial charge < -0.3 is 0 Å². The van der Waals surface area contributed by atoms with Crippen molar-refractivity contribution in [2.45, 2.75) is 32.6 Å². The summed E-state index contributed by atoms with van der Waals surface area (Å²) in [5, 5.41) is 0. The van der Waals surface area contributed by atoms with Gasteiger partial charge in [0.05, 0.1) is 13.3 Å². The number of hydrogen-bond donors (Lipinski definition) is 0. The first-order valence-electron chi connectivity index (χ1n) is 8.25. The summed E-state index contributed by atoms with van der Waals surface area (Å²) < 4.78 is 29.4. The van der Waals surface area contributed by atoms with E-state index in [1.807, 2.05) is 6.07 Å². The Morgan fingerprint density at radius 1 is 0.885 bits per heavy atom.